The molecule has 0 saturated heterocycles. The average Bonchev–Trinajstić information content (AvgIpc) is 3.41. The van der Waals surface area contributed by atoms with E-state index in [2.05, 4.69) is 20.5 Å². The Morgan fingerprint density at radius 1 is 1.36 bits per heavy atom. The van der Waals surface area contributed by atoms with Gasteiger partial charge in [-0.05, 0) is 43.9 Å². The van der Waals surface area contributed by atoms with Crippen LogP contribution in [-0.4, -0.2) is 33.4 Å². The second-order valence-corrected chi connectivity index (χ2v) is 7.24. The lowest BCUT2D eigenvalue weighted by Gasteiger charge is -2.13. The van der Waals surface area contributed by atoms with Gasteiger partial charge in [-0.1, -0.05) is 12.1 Å². The highest BCUT2D eigenvalue weighted by Crippen LogP contribution is 2.34. The normalized spacial score (nSPS) is 13.5. The first kappa shape index (κ1) is 18.2. The number of amides is 1. The van der Waals surface area contributed by atoms with Crippen LogP contribution in [0.1, 0.15) is 35.2 Å². The van der Waals surface area contributed by atoms with E-state index < -0.39 is 0 Å². The van der Waals surface area contributed by atoms with Crippen molar-refractivity contribution in [2.24, 2.45) is 5.92 Å². The minimum absolute atomic E-state index is 0.105. The molecule has 3 N–H and O–H groups in total. The zero-order valence-electron chi connectivity index (χ0n) is 16.0. The molecule has 28 heavy (non-hydrogen) atoms. The summed E-state index contributed by atoms with van der Waals surface area (Å²) in [5.74, 6) is 0.568. The second kappa shape index (κ2) is 7.42. The molecule has 4 rings (SSSR count). The molecule has 0 atom stereocenters. The lowest BCUT2D eigenvalue weighted by molar-refractivity contribution is -0.123. The number of pyridine rings is 1. The van der Waals surface area contributed by atoms with Gasteiger partial charge in [0.05, 0.1) is 17.4 Å². The monoisotopic (exact) mass is 377 g/mol. The maximum Gasteiger partial charge on any atom is 0.258 e. The summed E-state index contributed by atoms with van der Waals surface area (Å²) in [5, 5.41) is 19.1. The van der Waals surface area contributed by atoms with Crippen LogP contribution in [0.5, 0.6) is 5.88 Å². The van der Waals surface area contributed by atoms with Crippen molar-refractivity contribution in [3.63, 3.8) is 0 Å². The first-order valence-electron chi connectivity index (χ1n) is 9.40. The predicted molar refractivity (Wildman–Crippen MR) is 107 cm³/mol. The van der Waals surface area contributed by atoms with Crippen LogP contribution in [0.3, 0.4) is 0 Å². The Kier molecular flexibility index (Phi) is 4.81. The zero-order chi connectivity index (χ0) is 19.7. The molecule has 2 heterocycles. The van der Waals surface area contributed by atoms with Crippen LogP contribution >= 0.6 is 0 Å². The summed E-state index contributed by atoms with van der Waals surface area (Å²) in [6, 6.07) is 7.63. The summed E-state index contributed by atoms with van der Waals surface area (Å²) >= 11 is 0. The summed E-state index contributed by atoms with van der Waals surface area (Å²) in [5.41, 5.74) is 5.25. The Hall–Kier alpha value is -3.22. The van der Waals surface area contributed by atoms with Crippen LogP contribution < -0.4 is 10.1 Å². The van der Waals surface area contributed by atoms with Crippen molar-refractivity contribution in [1.82, 2.24) is 20.5 Å². The highest BCUT2D eigenvalue weighted by atomic mass is 16.5. The molecule has 1 amide bonds. The van der Waals surface area contributed by atoms with Crippen molar-refractivity contribution in [2.45, 2.75) is 33.2 Å². The van der Waals surface area contributed by atoms with Gasteiger partial charge in [-0.15, -0.1) is 0 Å². The van der Waals surface area contributed by atoms with Crippen LogP contribution in [0.15, 0.2) is 30.5 Å². The number of fused-ring (bicyclic) bond motifs is 1. The van der Waals surface area contributed by atoms with E-state index in [-0.39, 0.29) is 12.5 Å². The molecular weight excluding hydrogens is 354 g/mol. The summed E-state index contributed by atoms with van der Waals surface area (Å²) in [7, 11) is 0. The molecule has 0 spiro atoms. The van der Waals surface area contributed by atoms with Crippen molar-refractivity contribution in [1.29, 1.82) is 5.41 Å². The molecule has 1 saturated carbocycles. The molecule has 7 heteroatoms. The predicted octanol–water partition coefficient (Wildman–Crippen LogP) is 3.05. The minimum atomic E-state index is -0.215. The van der Waals surface area contributed by atoms with E-state index in [4.69, 9.17) is 10.1 Å². The number of aryl methyl sites for hydroxylation is 2. The van der Waals surface area contributed by atoms with Gasteiger partial charge in [-0.3, -0.25) is 9.89 Å². The standard InChI is InChI=1S/C21H23N5O2/c1-12-8-19(25-13(2)20(12)21(22)14-6-7-14)28-11-18(27)23-9-15-4-3-5-17-16(15)10-24-26-17/h3-5,8,10,14,22H,6-7,9,11H2,1-2H3,(H,23,27)(H,24,26). The first-order chi connectivity index (χ1) is 13.5. The molecule has 0 bridgehead atoms. The number of hydrogen-bond acceptors (Lipinski definition) is 5. The highest BCUT2D eigenvalue weighted by Gasteiger charge is 2.29. The molecule has 1 fully saturated rings. The van der Waals surface area contributed by atoms with Gasteiger partial charge in [-0.2, -0.15) is 5.10 Å². The molecule has 7 nitrogen and oxygen atoms in total. The maximum absolute atomic E-state index is 12.2. The third-order valence-corrected chi connectivity index (χ3v) is 5.03. The third kappa shape index (κ3) is 3.74. The highest BCUT2D eigenvalue weighted by molar-refractivity contribution is 6.03. The first-order valence-corrected chi connectivity index (χ1v) is 9.40. The zero-order valence-corrected chi connectivity index (χ0v) is 16.0. The van der Waals surface area contributed by atoms with E-state index >= 15 is 0 Å². The Morgan fingerprint density at radius 2 is 2.18 bits per heavy atom. The van der Waals surface area contributed by atoms with E-state index in [1.165, 1.54) is 0 Å². The molecule has 0 aliphatic heterocycles. The average molecular weight is 377 g/mol. The van der Waals surface area contributed by atoms with Crippen LogP contribution in [0.2, 0.25) is 0 Å². The number of carbonyl (C=O) groups is 1. The molecule has 1 aromatic carbocycles. The topological polar surface area (TPSA) is 104 Å². The summed E-state index contributed by atoms with van der Waals surface area (Å²) in [4.78, 5) is 16.6. The van der Waals surface area contributed by atoms with Gasteiger partial charge in [0.15, 0.2) is 6.61 Å². The fourth-order valence-electron chi connectivity index (χ4n) is 3.42. The van der Waals surface area contributed by atoms with Gasteiger partial charge < -0.3 is 15.5 Å². The molecule has 0 radical (unpaired) electrons. The Morgan fingerprint density at radius 3 is 2.93 bits per heavy atom. The minimum Gasteiger partial charge on any atom is -0.468 e. The molecule has 144 valence electrons. The quantitative estimate of drug-likeness (QED) is 0.551. The number of benzene rings is 1. The Labute approximate surface area is 163 Å². The number of nitrogens with one attached hydrogen (secondary N) is 3. The number of aromatic amines is 1. The Bertz CT molecular complexity index is 1030. The van der Waals surface area contributed by atoms with Gasteiger partial charge in [0.25, 0.3) is 5.91 Å². The van der Waals surface area contributed by atoms with Gasteiger partial charge in [-0.25, -0.2) is 4.98 Å². The fourth-order valence-corrected chi connectivity index (χ4v) is 3.42. The second-order valence-electron chi connectivity index (χ2n) is 7.24. The van der Waals surface area contributed by atoms with Gasteiger partial charge in [0.2, 0.25) is 5.88 Å². The largest absolute Gasteiger partial charge is 0.468 e. The summed E-state index contributed by atoms with van der Waals surface area (Å²) in [6.45, 7) is 4.14. The molecular formula is C21H23N5O2. The van der Waals surface area contributed by atoms with Crippen molar-refractivity contribution in [3.8, 4) is 5.88 Å². The number of hydrogen-bond donors (Lipinski definition) is 3. The van der Waals surface area contributed by atoms with Gasteiger partial charge in [0, 0.05) is 35.2 Å². The number of nitrogens with zero attached hydrogens (tertiary/aromatic N) is 2. The van der Waals surface area contributed by atoms with Gasteiger partial charge in [0.1, 0.15) is 0 Å². The van der Waals surface area contributed by atoms with E-state index in [9.17, 15) is 4.79 Å². The number of aromatic nitrogens is 3. The lowest BCUT2D eigenvalue weighted by Crippen LogP contribution is -2.28. The number of H-pyrrole nitrogens is 1. The summed E-state index contributed by atoms with van der Waals surface area (Å²) in [6.07, 6.45) is 3.93. The van der Waals surface area contributed by atoms with E-state index in [0.29, 0.717) is 24.1 Å². The van der Waals surface area contributed by atoms with E-state index in [1.54, 1.807) is 12.3 Å². The Balaban J connectivity index is 1.35. The van der Waals surface area contributed by atoms with Crippen LogP contribution in [0.25, 0.3) is 10.9 Å². The van der Waals surface area contributed by atoms with Crippen LogP contribution in [-0.2, 0) is 11.3 Å². The van der Waals surface area contributed by atoms with Gasteiger partial charge >= 0.3 is 0 Å². The van der Waals surface area contributed by atoms with E-state index in [0.717, 1.165) is 46.1 Å². The van der Waals surface area contributed by atoms with Crippen molar-refractivity contribution in [3.05, 3.63) is 52.8 Å². The molecule has 1 aliphatic carbocycles. The summed E-state index contributed by atoms with van der Waals surface area (Å²) < 4.78 is 5.59. The van der Waals surface area contributed by atoms with Crippen molar-refractivity contribution < 1.29 is 9.53 Å². The van der Waals surface area contributed by atoms with E-state index in [1.807, 2.05) is 32.0 Å². The SMILES string of the molecule is Cc1cc(OCC(=O)NCc2cccc3[nH]ncc23)nc(C)c1C(=N)C1CC1. The van der Waals surface area contributed by atoms with Crippen molar-refractivity contribution in [2.75, 3.05) is 6.61 Å². The number of ether oxygens (including phenoxy) is 1. The van der Waals surface area contributed by atoms with Crippen LogP contribution in [0, 0.1) is 25.2 Å². The molecule has 2 aromatic heterocycles. The smallest absolute Gasteiger partial charge is 0.258 e. The number of carbonyl (C=O) groups excluding carboxylic acids is 1. The lowest BCUT2D eigenvalue weighted by atomic mass is 10.00. The maximum atomic E-state index is 12.2. The molecule has 3 aromatic rings. The van der Waals surface area contributed by atoms with Crippen molar-refractivity contribution >= 4 is 22.5 Å². The number of rotatable bonds is 7. The molecule has 0 unspecified atom stereocenters. The molecule has 1 aliphatic rings. The fraction of sp³-hybridized carbons (Fsp3) is 0.333. The third-order valence-electron chi connectivity index (χ3n) is 5.03. The van der Waals surface area contributed by atoms with Crippen LogP contribution in [0.4, 0.5) is 0 Å².